The molecule has 19 heavy (non-hydrogen) atoms. The number of carbonyl (C=O) groups excluding carboxylic acids is 1. The van der Waals surface area contributed by atoms with Gasteiger partial charge in [0.25, 0.3) is 0 Å². The molecule has 9 heteroatoms. The summed E-state index contributed by atoms with van der Waals surface area (Å²) < 4.78 is 0. The minimum atomic E-state index is -0.626. The van der Waals surface area contributed by atoms with E-state index in [0.29, 0.717) is 5.56 Å². The van der Waals surface area contributed by atoms with Crippen molar-refractivity contribution in [2.75, 3.05) is 5.73 Å². The maximum atomic E-state index is 11.5. The highest BCUT2D eigenvalue weighted by Crippen LogP contribution is 2.20. The zero-order valence-corrected chi connectivity index (χ0v) is 9.53. The number of rotatable bonds is 3. The average Bonchev–Trinajstić information content (AvgIpc) is 2.78. The minimum absolute atomic E-state index is 0.0506. The fourth-order valence-electron chi connectivity index (χ4n) is 1.23. The topological polar surface area (TPSA) is 150 Å². The van der Waals surface area contributed by atoms with Gasteiger partial charge in [0.15, 0.2) is 0 Å². The van der Waals surface area contributed by atoms with Crippen molar-refractivity contribution in [3.8, 4) is 11.5 Å². The fourth-order valence-corrected chi connectivity index (χ4v) is 1.23. The molecule has 6 N–H and O–H groups in total. The van der Waals surface area contributed by atoms with E-state index in [4.69, 9.17) is 10.8 Å². The molecule has 0 aliphatic heterocycles. The SMILES string of the molecule is Nc1n[nH]c(C(=O)N/N=C\c2ccc(O)cc2O)n1. The maximum absolute atomic E-state index is 11.5. The number of nitrogen functional groups attached to an aromatic ring is 1. The second-order valence-electron chi connectivity index (χ2n) is 3.48. The van der Waals surface area contributed by atoms with Crippen LogP contribution in [0.15, 0.2) is 23.3 Å². The molecule has 0 bridgehead atoms. The number of aromatic hydroxyl groups is 2. The zero-order valence-electron chi connectivity index (χ0n) is 9.53. The van der Waals surface area contributed by atoms with Crippen LogP contribution in [0.4, 0.5) is 5.95 Å². The highest BCUT2D eigenvalue weighted by molar-refractivity contribution is 5.92. The molecule has 0 spiro atoms. The number of phenols is 2. The van der Waals surface area contributed by atoms with Gasteiger partial charge >= 0.3 is 5.91 Å². The highest BCUT2D eigenvalue weighted by Gasteiger charge is 2.09. The van der Waals surface area contributed by atoms with Crippen LogP contribution in [0.2, 0.25) is 0 Å². The third kappa shape index (κ3) is 2.97. The van der Waals surface area contributed by atoms with Crippen molar-refractivity contribution in [1.29, 1.82) is 0 Å². The van der Waals surface area contributed by atoms with Crippen LogP contribution in [0, 0.1) is 0 Å². The standard InChI is InChI=1S/C10H10N6O3/c11-10-13-8(14-16-10)9(19)15-12-4-5-1-2-6(17)3-7(5)18/h1-4,17-18H,(H,15,19)(H3,11,13,14,16)/b12-4-. The van der Waals surface area contributed by atoms with Crippen LogP contribution in [-0.2, 0) is 0 Å². The van der Waals surface area contributed by atoms with Gasteiger partial charge in [0.1, 0.15) is 11.5 Å². The number of anilines is 1. The van der Waals surface area contributed by atoms with Crippen molar-refractivity contribution in [3.63, 3.8) is 0 Å². The Hall–Kier alpha value is -3.10. The fraction of sp³-hybridized carbons (Fsp3) is 0. The summed E-state index contributed by atoms with van der Waals surface area (Å²) in [5.74, 6) is -0.994. The first-order valence-electron chi connectivity index (χ1n) is 5.09. The van der Waals surface area contributed by atoms with Crippen molar-refractivity contribution in [2.24, 2.45) is 5.10 Å². The number of hydrazone groups is 1. The lowest BCUT2D eigenvalue weighted by atomic mass is 10.2. The predicted molar refractivity (Wildman–Crippen MR) is 65.6 cm³/mol. The summed E-state index contributed by atoms with van der Waals surface area (Å²) in [7, 11) is 0. The summed E-state index contributed by atoms with van der Waals surface area (Å²) in [6, 6.07) is 3.97. The molecule has 1 amide bonds. The molecule has 0 unspecified atom stereocenters. The first kappa shape index (κ1) is 12.4. The van der Waals surface area contributed by atoms with E-state index < -0.39 is 5.91 Å². The summed E-state index contributed by atoms with van der Waals surface area (Å²) in [6.45, 7) is 0. The Morgan fingerprint density at radius 1 is 1.47 bits per heavy atom. The number of aromatic nitrogens is 3. The van der Waals surface area contributed by atoms with E-state index in [1.54, 1.807) is 0 Å². The van der Waals surface area contributed by atoms with Crippen molar-refractivity contribution < 1.29 is 15.0 Å². The van der Waals surface area contributed by atoms with E-state index in [-0.39, 0.29) is 23.3 Å². The summed E-state index contributed by atoms with van der Waals surface area (Å²) in [5.41, 5.74) is 7.74. The second kappa shape index (κ2) is 5.04. The number of benzene rings is 1. The molecule has 2 aromatic rings. The van der Waals surface area contributed by atoms with Gasteiger partial charge in [-0.1, -0.05) is 0 Å². The third-order valence-corrected chi connectivity index (χ3v) is 2.10. The molecule has 0 aliphatic carbocycles. The van der Waals surface area contributed by atoms with Crippen molar-refractivity contribution in [3.05, 3.63) is 29.6 Å². The molecule has 0 fully saturated rings. The lowest BCUT2D eigenvalue weighted by Crippen LogP contribution is -2.19. The zero-order chi connectivity index (χ0) is 13.8. The Bertz CT molecular complexity index is 636. The van der Waals surface area contributed by atoms with Gasteiger partial charge in [-0.15, -0.1) is 5.10 Å². The highest BCUT2D eigenvalue weighted by atomic mass is 16.3. The van der Waals surface area contributed by atoms with Crippen LogP contribution >= 0.6 is 0 Å². The Balaban J connectivity index is 2.02. The molecule has 0 saturated heterocycles. The lowest BCUT2D eigenvalue weighted by Gasteiger charge is -1.99. The van der Waals surface area contributed by atoms with Gasteiger partial charge in [-0.2, -0.15) is 10.1 Å². The number of H-pyrrole nitrogens is 1. The number of phenolic OH excluding ortho intramolecular Hbond substituents is 2. The van der Waals surface area contributed by atoms with E-state index in [1.165, 1.54) is 18.3 Å². The summed E-state index contributed by atoms with van der Waals surface area (Å²) >= 11 is 0. The number of hydrogen-bond donors (Lipinski definition) is 5. The van der Waals surface area contributed by atoms with E-state index in [2.05, 4.69) is 25.7 Å². The quantitative estimate of drug-likeness (QED) is 0.374. The van der Waals surface area contributed by atoms with Crippen molar-refractivity contribution in [1.82, 2.24) is 20.6 Å². The lowest BCUT2D eigenvalue weighted by molar-refractivity contribution is 0.0945. The molecular weight excluding hydrogens is 252 g/mol. The van der Waals surface area contributed by atoms with E-state index in [1.807, 2.05) is 0 Å². The van der Waals surface area contributed by atoms with Gasteiger partial charge in [0, 0.05) is 11.6 Å². The first-order valence-corrected chi connectivity index (χ1v) is 5.09. The molecule has 98 valence electrons. The van der Waals surface area contributed by atoms with Crippen molar-refractivity contribution >= 4 is 18.1 Å². The Labute approximate surface area is 106 Å². The molecule has 0 aliphatic rings. The van der Waals surface area contributed by atoms with Crippen LogP contribution in [0.25, 0.3) is 0 Å². The smallest absolute Gasteiger partial charge is 0.308 e. The first-order chi connectivity index (χ1) is 9.06. The van der Waals surface area contributed by atoms with Crippen LogP contribution in [-0.4, -0.2) is 37.5 Å². The molecule has 1 aromatic heterocycles. The normalized spacial score (nSPS) is 10.7. The predicted octanol–water partition coefficient (Wildman–Crippen LogP) is -0.438. The van der Waals surface area contributed by atoms with Gasteiger partial charge in [0.2, 0.25) is 11.8 Å². The Morgan fingerprint density at radius 2 is 2.26 bits per heavy atom. The average molecular weight is 262 g/mol. The largest absolute Gasteiger partial charge is 0.508 e. The van der Waals surface area contributed by atoms with Gasteiger partial charge in [-0.25, -0.2) is 5.43 Å². The number of hydrogen-bond acceptors (Lipinski definition) is 7. The molecule has 1 aromatic carbocycles. The summed E-state index contributed by atoms with van der Waals surface area (Å²) in [5, 5.41) is 28.0. The van der Waals surface area contributed by atoms with Crippen LogP contribution in [0.5, 0.6) is 11.5 Å². The maximum Gasteiger partial charge on any atom is 0.308 e. The third-order valence-electron chi connectivity index (χ3n) is 2.10. The van der Waals surface area contributed by atoms with Crippen LogP contribution in [0.1, 0.15) is 16.2 Å². The van der Waals surface area contributed by atoms with Gasteiger partial charge in [-0.3, -0.25) is 9.89 Å². The van der Waals surface area contributed by atoms with E-state index in [9.17, 15) is 9.90 Å². The number of amides is 1. The second-order valence-corrected chi connectivity index (χ2v) is 3.48. The molecule has 0 radical (unpaired) electrons. The minimum Gasteiger partial charge on any atom is -0.508 e. The van der Waals surface area contributed by atoms with Crippen LogP contribution in [0.3, 0.4) is 0 Å². The van der Waals surface area contributed by atoms with Gasteiger partial charge in [0.05, 0.1) is 6.21 Å². The monoisotopic (exact) mass is 262 g/mol. The Kier molecular flexibility index (Phi) is 3.28. The Morgan fingerprint density at radius 3 is 2.89 bits per heavy atom. The molecule has 9 nitrogen and oxygen atoms in total. The number of carbonyl (C=O) groups is 1. The summed E-state index contributed by atoms with van der Waals surface area (Å²) in [4.78, 5) is 15.1. The van der Waals surface area contributed by atoms with Crippen molar-refractivity contribution in [2.45, 2.75) is 0 Å². The number of nitrogens with one attached hydrogen (secondary N) is 2. The molecule has 2 rings (SSSR count). The van der Waals surface area contributed by atoms with Gasteiger partial charge < -0.3 is 15.9 Å². The van der Waals surface area contributed by atoms with E-state index in [0.717, 1.165) is 6.07 Å². The van der Waals surface area contributed by atoms with Gasteiger partial charge in [-0.05, 0) is 12.1 Å². The van der Waals surface area contributed by atoms with E-state index >= 15 is 0 Å². The molecule has 0 saturated carbocycles. The number of aromatic amines is 1. The number of nitrogens with two attached hydrogens (primary N) is 1. The van der Waals surface area contributed by atoms with Crippen LogP contribution < -0.4 is 11.2 Å². The molecule has 1 heterocycles. The number of nitrogens with zero attached hydrogens (tertiary/aromatic N) is 3. The molecule has 0 atom stereocenters. The summed E-state index contributed by atoms with van der Waals surface area (Å²) in [6.07, 6.45) is 1.21. The molecular formula is C10H10N6O3.